The van der Waals surface area contributed by atoms with Crippen molar-refractivity contribution in [3.8, 4) is 11.5 Å². The smallest absolute Gasteiger partial charge is 0.339 e. The zero-order valence-electron chi connectivity index (χ0n) is 21.1. The van der Waals surface area contributed by atoms with Gasteiger partial charge < -0.3 is 13.8 Å². The molecule has 1 aliphatic heterocycles. The molecule has 0 bridgehead atoms. The molecule has 1 heterocycles. The minimum Gasteiger partial charge on any atom is -0.493 e. The van der Waals surface area contributed by atoms with E-state index < -0.39 is 16.0 Å². The summed E-state index contributed by atoms with van der Waals surface area (Å²) in [6.07, 6.45) is 3.97. The molecular weight excluding hydrogens is 594 g/mol. The number of ketones is 2. The Hall–Kier alpha value is -2.62. The first-order chi connectivity index (χ1) is 18.2. The molecule has 3 aliphatic rings. The molecule has 2 aromatic carbocycles. The largest absolute Gasteiger partial charge is 0.493 e. The Kier molecular flexibility index (Phi) is 7.46. The highest BCUT2D eigenvalue weighted by Gasteiger charge is 2.43. The van der Waals surface area contributed by atoms with Crippen LogP contribution in [0.2, 0.25) is 5.02 Å². The molecular formula is C28H27BrClNO6S. The predicted octanol–water partition coefficient (Wildman–Crippen LogP) is 6.31. The van der Waals surface area contributed by atoms with Crippen LogP contribution in [0, 0.1) is 0 Å². The highest BCUT2D eigenvalue weighted by Crippen LogP contribution is 2.51. The molecule has 200 valence electrons. The Morgan fingerprint density at radius 3 is 2.08 bits per heavy atom. The van der Waals surface area contributed by atoms with E-state index in [-0.39, 0.29) is 28.0 Å². The van der Waals surface area contributed by atoms with Gasteiger partial charge in [0.05, 0.1) is 11.6 Å². The predicted molar refractivity (Wildman–Crippen MR) is 147 cm³/mol. The number of benzene rings is 2. The van der Waals surface area contributed by atoms with Crippen LogP contribution in [0.3, 0.4) is 0 Å². The molecule has 10 heteroatoms. The molecule has 0 amide bonds. The molecule has 0 atom stereocenters. The normalized spacial score (nSPS) is 18.5. The van der Waals surface area contributed by atoms with Gasteiger partial charge >= 0.3 is 10.1 Å². The van der Waals surface area contributed by atoms with Crippen molar-refractivity contribution < 1.29 is 26.9 Å². The summed E-state index contributed by atoms with van der Waals surface area (Å²) >= 11 is 9.37. The average molecular weight is 621 g/mol. The molecule has 0 aromatic heterocycles. The van der Waals surface area contributed by atoms with Crippen LogP contribution in [0.5, 0.6) is 11.5 Å². The zero-order valence-corrected chi connectivity index (χ0v) is 24.2. The molecule has 0 spiro atoms. The van der Waals surface area contributed by atoms with Crippen molar-refractivity contribution in [1.82, 2.24) is 4.90 Å². The van der Waals surface area contributed by atoms with Crippen LogP contribution in [-0.4, -0.2) is 38.5 Å². The van der Waals surface area contributed by atoms with Crippen molar-refractivity contribution in [2.45, 2.75) is 56.3 Å². The first kappa shape index (κ1) is 27.0. The SMILES string of the molecule is CCN1C2=C(C(=O)CCC2)C(c2cc(Br)c(OS(=O)(=O)c3ccc(Cl)cc3)c(OC)c2)C2=C1CCCC2=O. The second-order valence-electron chi connectivity index (χ2n) is 9.48. The lowest BCUT2D eigenvalue weighted by atomic mass is 9.71. The first-order valence-electron chi connectivity index (χ1n) is 12.5. The number of methoxy groups -OCH3 is 1. The van der Waals surface area contributed by atoms with Crippen molar-refractivity contribution >= 4 is 49.2 Å². The fourth-order valence-electron chi connectivity index (χ4n) is 5.68. The molecule has 0 fully saturated rings. The highest BCUT2D eigenvalue weighted by atomic mass is 79.9. The number of carbonyl (C=O) groups excluding carboxylic acids is 2. The van der Waals surface area contributed by atoms with E-state index in [2.05, 4.69) is 20.8 Å². The fourth-order valence-corrected chi connectivity index (χ4v) is 7.41. The highest BCUT2D eigenvalue weighted by molar-refractivity contribution is 9.10. The van der Waals surface area contributed by atoms with E-state index >= 15 is 0 Å². The van der Waals surface area contributed by atoms with E-state index in [0.29, 0.717) is 45.6 Å². The Morgan fingerprint density at radius 2 is 1.55 bits per heavy atom. The monoisotopic (exact) mass is 619 g/mol. The maximum absolute atomic E-state index is 13.4. The third kappa shape index (κ3) is 4.69. The number of carbonyl (C=O) groups is 2. The van der Waals surface area contributed by atoms with Gasteiger partial charge in [0.15, 0.2) is 23.1 Å². The Morgan fingerprint density at radius 1 is 0.974 bits per heavy atom. The van der Waals surface area contributed by atoms with Crippen LogP contribution in [-0.2, 0) is 19.7 Å². The standard InChI is InChI=1S/C28H27BrClNO6S/c1-3-31-20-6-4-8-22(32)26(20)25(27-21(31)7-5-9-23(27)33)16-14-19(29)28(24(15-16)36-2)37-38(34,35)18-12-10-17(30)11-13-18/h10-15,25H,3-9H2,1-2H3. The van der Waals surface area contributed by atoms with Crippen LogP contribution < -0.4 is 8.92 Å². The van der Waals surface area contributed by atoms with Crippen LogP contribution in [0.1, 0.15) is 56.9 Å². The number of hydrogen-bond donors (Lipinski definition) is 0. The number of halogens is 2. The van der Waals surface area contributed by atoms with E-state index in [4.69, 9.17) is 20.5 Å². The molecule has 2 aliphatic carbocycles. The quantitative estimate of drug-likeness (QED) is 0.350. The Bertz CT molecular complexity index is 1450. The minimum atomic E-state index is -4.19. The van der Waals surface area contributed by atoms with Crippen LogP contribution in [0.4, 0.5) is 0 Å². The van der Waals surface area contributed by atoms with Gasteiger partial charge in [0.1, 0.15) is 4.90 Å². The van der Waals surface area contributed by atoms with Gasteiger partial charge in [-0.05, 0) is 90.5 Å². The van der Waals surface area contributed by atoms with E-state index in [9.17, 15) is 18.0 Å². The van der Waals surface area contributed by atoms with E-state index in [1.165, 1.54) is 31.4 Å². The lowest BCUT2D eigenvalue weighted by Crippen LogP contribution is -2.39. The molecule has 2 aromatic rings. The second-order valence-corrected chi connectivity index (χ2v) is 12.3. The molecule has 0 N–H and O–H groups in total. The minimum absolute atomic E-state index is 0.0226. The summed E-state index contributed by atoms with van der Waals surface area (Å²) in [6, 6.07) is 9.05. The Labute approximate surface area is 235 Å². The summed E-state index contributed by atoms with van der Waals surface area (Å²) in [5, 5.41) is 0.401. The molecule has 5 rings (SSSR count). The summed E-state index contributed by atoms with van der Waals surface area (Å²) in [6.45, 7) is 2.73. The third-order valence-corrected chi connectivity index (χ3v) is 9.36. The summed E-state index contributed by atoms with van der Waals surface area (Å²) in [5.41, 5.74) is 3.96. The van der Waals surface area contributed by atoms with Crippen LogP contribution in [0.15, 0.2) is 68.3 Å². The molecule has 38 heavy (non-hydrogen) atoms. The van der Waals surface area contributed by atoms with E-state index in [1.54, 1.807) is 12.1 Å². The summed E-state index contributed by atoms with van der Waals surface area (Å²) < 4.78 is 37.4. The maximum atomic E-state index is 13.4. The number of nitrogens with zero attached hydrogens (tertiary/aromatic N) is 1. The average Bonchev–Trinajstić information content (AvgIpc) is 2.89. The van der Waals surface area contributed by atoms with Gasteiger partial charge in [0, 0.05) is 52.9 Å². The van der Waals surface area contributed by atoms with E-state index in [1.807, 2.05) is 6.92 Å². The van der Waals surface area contributed by atoms with Gasteiger partial charge in [0.25, 0.3) is 0 Å². The van der Waals surface area contributed by atoms with Gasteiger partial charge in [-0.15, -0.1) is 0 Å². The topological polar surface area (TPSA) is 90.0 Å². The van der Waals surface area contributed by atoms with Crippen LogP contribution in [0.25, 0.3) is 0 Å². The van der Waals surface area contributed by atoms with Crippen LogP contribution >= 0.6 is 27.5 Å². The summed E-state index contributed by atoms with van der Waals surface area (Å²) in [4.78, 5) is 28.8. The third-order valence-electron chi connectivity index (χ3n) is 7.28. The summed E-state index contributed by atoms with van der Waals surface area (Å²) in [7, 11) is -2.77. The number of ether oxygens (including phenoxy) is 1. The molecule has 0 radical (unpaired) electrons. The zero-order chi connectivity index (χ0) is 27.2. The number of rotatable bonds is 6. The lowest BCUT2D eigenvalue weighted by Gasteiger charge is -2.43. The summed E-state index contributed by atoms with van der Waals surface area (Å²) in [5.74, 6) is -0.317. The lowest BCUT2D eigenvalue weighted by molar-refractivity contribution is -0.117. The molecule has 0 unspecified atom stereocenters. The fraction of sp³-hybridized carbons (Fsp3) is 0.357. The van der Waals surface area contributed by atoms with Gasteiger partial charge in [-0.2, -0.15) is 8.42 Å². The van der Waals surface area contributed by atoms with Gasteiger partial charge in [-0.1, -0.05) is 11.6 Å². The van der Waals surface area contributed by atoms with Crippen molar-refractivity contribution in [3.05, 3.63) is 74.0 Å². The molecule has 0 saturated carbocycles. The van der Waals surface area contributed by atoms with Gasteiger partial charge in [-0.25, -0.2) is 0 Å². The van der Waals surface area contributed by atoms with Crippen molar-refractivity contribution in [2.75, 3.05) is 13.7 Å². The van der Waals surface area contributed by atoms with Gasteiger partial charge in [-0.3, -0.25) is 9.59 Å². The van der Waals surface area contributed by atoms with Crippen molar-refractivity contribution in [3.63, 3.8) is 0 Å². The first-order valence-corrected chi connectivity index (χ1v) is 15.1. The van der Waals surface area contributed by atoms with Gasteiger partial charge in [0.2, 0.25) is 0 Å². The Balaban J connectivity index is 1.64. The van der Waals surface area contributed by atoms with Crippen molar-refractivity contribution in [1.29, 1.82) is 0 Å². The maximum Gasteiger partial charge on any atom is 0.339 e. The molecule has 7 nitrogen and oxygen atoms in total. The number of hydrogen-bond acceptors (Lipinski definition) is 7. The van der Waals surface area contributed by atoms with E-state index in [0.717, 1.165) is 37.1 Å². The second kappa shape index (κ2) is 10.5. The molecule has 0 saturated heterocycles. The number of allylic oxidation sites excluding steroid dienone is 4. The number of Topliss-reactive ketones (excluding diaryl/α,β-unsaturated/α-hetero) is 2. The van der Waals surface area contributed by atoms with Crippen molar-refractivity contribution in [2.24, 2.45) is 0 Å².